The molecule has 0 aliphatic heterocycles. The maximum Gasteiger partial charge on any atom is 0.238 e. The summed E-state index contributed by atoms with van der Waals surface area (Å²) in [6.45, 7) is 9.69. The molecule has 32 heavy (non-hydrogen) atoms. The quantitative estimate of drug-likeness (QED) is 0.490. The maximum atomic E-state index is 12.5. The fourth-order valence-corrected chi connectivity index (χ4v) is 3.46. The van der Waals surface area contributed by atoms with Crippen LogP contribution in [0.2, 0.25) is 0 Å². The lowest BCUT2D eigenvalue weighted by atomic mass is 10.1. The zero-order valence-electron chi connectivity index (χ0n) is 19.4. The highest BCUT2D eigenvalue weighted by molar-refractivity contribution is 5.92. The van der Waals surface area contributed by atoms with Crippen molar-refractivity contribution in [1.82, 2.24) is 9.88 Å². The van der Waals surface area contributed by atoms with Crippen molar-refractivity contribution in [2.75, 3.05) is 32.1 Å². The number of anilines is 1. The molecule has 0 bridgehead atoms. The molecular formula is C25H31N3O4. The Morgan fingerprint density at radius 2 is 1.81 bits per heavy atom. The zero-order chi connectivity index (χ0) is 23.1. The molecule has 1 heterocycles. The number of hydrogen-bond acceptors (Lipinski definition) is 6. The molecule has 0 saturated heterocycles. The van der Waals surface area contributed by atoms with Gasteiger partial charge in [0, 0.05) is 23.9 Å². The van der Waals surface area contributed by atoms with Crippen LogP contribution in [0.3, 0.4) is 0 Å². The molecule has 0 atom stereocenters. The number of hydrogen-bond donors (Lipinski definition) is 1. The lowest BCUT2D eigenvalue weighted by molar-refractivity contribution is -0.117. The number of amides is 1. The third-order valence-electron chi connectivity index (χ3n) is 4.84. The third kappa shape index (κ3) is 6.11. The van der Waals surface area contributed by atoms with Crippen LogP contribution in [-0.4, -0.2) is 42.6 Å². The van der Waals surface area contributed by atoms with Crippen LogP contribution < -0.4 is 14.8 Å². The Morgan fingerprint density at radius 1 is 1.06 bits per heavy atom. The molecule has 3 aromatic rings. The number of benzene rings is 2. The first-order valence-electron chi connectivity index (χ1n) is 10.8. The summed E-state index contributed by atoms with van der Waals surface area (Å²) in [4.78, 5) is 19.0. The summed E-state index contributed by atoms with van der Waals surface area (Å²) in [6.07, 6.45) is 1.64. The Morgan fingerprint density at radius 3 is 2.53 bits per heavy atom. The number of oxazole rings is 1. The van der Waals surface area contributed by atoms with Crippen LogP contribution in [0.5, 0.6) is 11.5 Å². The van der Waals surface area contributed by atoms with E-state index in [4.69, 9.17) is 13.9 Å². The SMILES string of the molecule is CCOc1ccc(NC(=O)CN(C)Cc2coc(-c3ccc(C)cc3C)n2)cc1OCC. The molecule has 7 heteroatoms. The summed E-state index contributed by atoms with van der Waals surface area (Å²) in [5.41, 5.74) is 4.73. The van der Waals surface area contributed by atoms with Crippen molar-refractivity contribution in [3.63, 3.8) is 0 Å². The number of ether oxygens (including phenoxy) is 2. The van der Waals surface area contributed by atoms with E-state index in [0.717, 1.165) is 16.8 Å². The Labute approximate surface area is 189 Å². The van der Waals surface area contributed by atoms with Gasteiger partial charge < -0.3 is 19.2 Å². The molecule has 7 nitrogen and oxygen atoms in total. The van der Waals surface area contributed by atoms with Crippen molar-refractivity contribution < 1.29 is 18.7 Å². The lowest BCUT2D eigenvalue weighted by Gasteiger charge is -2.16. The van der Waals surface area contributed by atoms with Gasteiger partial charge >= 0.3 is 0 Å². The fraction of sp³-hybridized carbons (Fsp3) is 0.360. The van der Waals surface area contributed by atoms with Gasteiger partial charge in [-0.1, -0.05) is 17.7 Å². The van der Waals surface area contributed by atoms with E-state index in [1.54, 1.807) is 24.5 Å². The lowest BCUT2D eigenvalue weighted by Crippen LogP contribution is -2.29. The van der Waals surface area contributed by atoms with E-state index in [2.05, 4.69) is 23.3 Å². The normalized spacial score (nSPS) is 10.9. The molecular weight excluding hydrogens is 406 g/mol. The van der Waals surface area contributed by atoms with E-state index in [0.29, 0.717) is 42.8 Å². The molecule has 0 radical (unpaired) electrons. The van der Waals surface area contributed by atoms with Crippen molar-refractivity contribution in [1.29, 1.82) is 0 Å². The van der Waals surface area contributed by atoms with Gasteiger partial charge in [-0.15, -0.1) is 0 Å². The Bertz CT molecular complexity index is 1060. The summed E-state index contributed by atoms with van der Waals surface area (Å²) in [5.74, 6) is 1.74. The molecule has 2 aromatic carbocycles. The van der Waals surface area contributed by atoms with Crippen molar-refractivity contribution in [2.45, 2.75) is 34.2 Å². The Kier molecular flexibility index (Phi) is 7.89. The molecule has 0 spiro atoms. The predicted octanol–water partition coefficient (Wildman–Crippen LogP) is 4.83. The van der Waals surface area contributed by atoms with E-state index < -0.39 is 0 Å². The highest BCUT2D eigenvalue weighted by atomic mass is 16.5. The van der Waals surface area contributed by atoms with Gasteiger partial charge in [-0.3, -0.25) is 9.69 Å². The number of rotatable bonds is 10. The van der Waals surface area contributed by atoms with Crippen LogP contribution in [0.4, 0.5) is 5.69 Å². The Hall–Kier alpha value is -3.32. The number of likely N-dealkylation sites (N-methyl/N-ethyl adjacent to an activating group) is 1. The Balaban J connectivity index is 1.58. The minimum absolute atomic E-state index is 0.128. The smallest absolute Gasteiger partial charge is 0.238 e. The third-order valence-corrected chi connectivity index (χ3v) is 4.84. The highest BCUT2D eigenvalue weighted by Crippen LogP contribution is 2.30. The van der Waals surface area contributed by atoms with Crippen LogP contribution in [0.15, 0.2) is 47.1 Å². The summed E-state index contributed by atoms with van der Waals surface area (Å²) in [6, 6.07) is 11.6. The number of nitrogens with one attached hydrogen (secondary N) is 1. The predicted molar refractivity (Wildman–Crippen MR) is 125 cm³/mol. The van der Waals surface area contributed by atoms with Gasteiger partial charge in [0.25, 0.3) is 0 Å². The summed E-state index contributed by atoms with van der Waals surface area (Å²) < 4.78 is 16.9. The first-order chi connectivity index (χ1) is 15.4. The standard InChI is InChI=1S/C25H31N3O4/c1-6-30-22-11-9-19(13-23(22)31-7-2)26-24(29)15-28(5)14-20-16-32-25(27-20)21-10-8-17(3)12-18(21)4/h8-13,16H,6-7,14-15H2,1-5H3,(H,26,29). The second-order valence-electron chi connectivity index (χ2n) is 7.71. The van der Waals surface area contributed by atoms with Crippen LogP contribution in [0.25, 0.3) is 11.5 Å². The number of aryl methyl sites for hydroxylation is 2. The molecule has 0 aliphatic carbocycles. The molecule has 170 valence electrons. The average molecular weight is 438 g/mol. The number of nitrogens with zero attached hydrogens (tertiary/aromatic N) is 2. The molecule has 0 unspecified atom stereocenters. The van der Waals surface area contributed by atoms with Crippen LogP contribution >= 0.6 is 0 Å². The van der Waals surface area contributed by atoms with Crippen molar-refractivity contribution in [2.24, 2.45) is 0 Å². The van der Waals surface area contributed by atoms with Crippen LogP contribution in [0, 0.1) is 13.8 Å². The second-order valence-corrected chi connectivity index (χ2v) is 7.71. The van der Waals surface area contributed by atoms with E-state index >= 15 is 0 Å². The van der Waals surface area contributed by atoms with Crippen molar-refractivity contribution in [3.8, 4) is 23.0 Å². The number of carbonyl (C=O) groups is 1. The van der Waals surface area contributed by atoms with Gasteiger partial charge in [0.1, 0.15) is 6.26 Å². The van der Waals surface area contributed by atoms with Gasteiger partial charge in [-0.25, -0.2) is 4.98 Å². The summed E-state index contributed by atoms with van der Waals surface area (Å²) in [5, 5.41) is 2.91. The van der Waals surface area contributed by atoms with Crippen molar-refractivity contribution >= 4 is 11.6 Å². The first-order valence-corrected chi connectivity index (χ1v) is 10.8. The molecule has 0 fully saturated rings. The maximum absolute atomic E-state index is 12.5. The monoisotopic (exact) mass is 437 g/mol. The number of carbonyl (C=O) groups excluding carboxylic acids is 1. The van der Waals surface area contributed by atoms with Gasteiger partial charge in [0.15, 0.2) is 11.5 Å². The van der Waals surface area contributed by atoms with Gasteiger partial charge in [-0.2, -0.15) is 0 Å². The molecule has 3 rings (SSSR count). The average Bonchev–Trinajstić information content (AvgIpc) is 3.18. The zero-order valence-corrected chi connectivity index (χ0v) is 19.4. The largest absolute Gasteiger partial charge is 0.490 e. The van der Waals surface area contributed by atoms with Gasteiger partial charge in [0.2, 0.25) is 11.8 Å². The van der Waals surface area contributed by atoms with Gasteiger partial charge in [-0.05, 0) is 58.5 Å². The second kappa shape index (κ2) is 10.8. The molecule has 0 aliphatic rings. The summed E-state index contributed by atoms with van der Waals surface area (Å²) in [7, 11) is 1.87. The molecule has 0 saturated carbocycles. The first kappa shape index (κ1) is 23.3. The van der Waals surface area contributed by atoms with E-state index in [1.807, 2.05) is 44.9 Å². The van der Waals surface area contributed by atoms with Crippen molar-refractivity contribution in [3.05, 3.63) is 59.5 Å². The highest BCUT2D eigenvalue weighted by Gasteiger charge is 2.14. The summed E-state index contributed by atoms with van der Waals surface area (Å²) >= 11 is 0. The van der Waals surface area contributed by atoms with E-state index in [1.165, 1.54) is 5.56 Å². The molecule has 1 amide bonds. The fourth-order valence-electron chi connectivity index (χ4n) is 3.46. The van der Waals surface area contributed by atoms with Crippen LogP contribution in [-0.2, 0) is 11.3 Å². The topological polar surface area (TPSA) is 76.8 Å². The number of aromatic nitrogens is 1. The molecule has 1 N–H and O–H groups in total. The van der Waals surface area contributed by atoms with E-state index in [-0.39, 0.29) is 12.5 Å². The minimum Gasteiger partial charge on any atom is -0.490 e. The van der Waals surface area contributed by atoms with E-state index in [9.17, 15) is 4.79 Å². The van der Waals surface area contributed by atoms with Gasteiger partial charge in [0.05, 0.1) is 25.5 Å². The minimum atomic E-state index is -0.128. The molecule has 1 aromatic heterocycles. The van der Waals surface area contributed by atoms with Crippen LogP contribution in [0.1, 0.15) is 30.7 Å².